The van der Waals surface area contributed by atoms with Crippen LogP contribution >= 0.6 is 0 Å². The van der Waals surface area contributed by atoms with Crippen molar-refractivity contribution in [1.29, 1.82) is 0 Å². The Kier molecular flexibility index (Phi) is 6.32. The van der Waals surface area contributed by atoms with Gasteiger partial charge in [-0.15, -0.1) is 0 Å². The van der Waals surface area contributed by atoms with Crippen molar-refractivity contribution in [2.75, 3.05) is 13.2 Å². The Balaban J connectivity index is 1.53. The van der Waals surface area contributed by atoms with E-state index >= 15 is 0 Å². The van der Waals surface area contributed by atoms with E-state index in [9.17, 15) is 22.8 Å². The number of carbonyl (C=O) groups is 2. The predicted molar refractivity (Wildman–Crippen MR) is 96.9 cm³/mol. The molecule has 29 heavy (non-hydrogen) atoms. The largest absolute Gasteiger partial charge is 0.455 e. The molecule has 10 heteroatoms. The minimum Gasteiger partial charge on any atom is -0.455 e. The molecule has 154 valence electrons. The molecule has 0 bridgehead atoms. The second-order valence-electron chi connectivity index (χ2n) is 6.32. The molecule has 0 unspecified atom stereocenters. The van der Waals surface area contributed by atoms with Gasteiger partial charge >= 0.3 is 18.0 Å². The lowest BCUT2D eigenvalue weighted by molar-refractivity contribution is -0.139. The van der Waals surface area contributed by atoms with Crippen LogP contribution in [-0.4, -0.2) is 37.3 Å². The Hall–Kier alpha value is -3.14. The molecule has 0 spiro atoms. The summed E-state index contributed by atoms with van der Waals surface area (Å²) in [6, 6.07) is 7.66. The van der Waals surface area contributed by atoms with Crippen LogP contribution in [-0.2, 0) is 20.5 Å². The van der Waals surface area contributed by atoms with Crippen molar-refractivity contribution in [3.8, 4) is 11.3 Å². The Bertz CT molecular complexity index is 902. The number of rotatable bonds is 5. The number of hydrogen-bond acceptors (Lipinski definition) is 5. The van der Waals surface area contributed by atoms with Crippen LogP contribution in [0.15, 0.2) is 45.9 Å². The van der Waals surface area contributed by atoms with Crippen LogP contribution in [0.2, 0.25) is 0 Å². The molecule has 2 heterocycles. The summed E-state index contributed by atoms with van der Waals surface area (Å²) in [5.74, 6) is -1.40. The highest BCUT2D eigenvalue weighted by molar-refractivity contribution is 6.35. The molecule has 2 aromatic rings. The number of amides is 2. The Morgan fingerprint density at radius 3 is 2.76 bits per heavy atom. The lowest BCUT2D eigenvalue weighted by Crippen LogP contribution is -2.41. The van der Waals surface area contributed by atoms with Crippen molar-refractivity contribution >= 4 is 18.0 Å². The van der Waals surface area contributed by atoms with Crippen molar-refractivity contribution in [2.45, 2.75) is 25.1 Å². The normalized spacial score (nSPS) is 16.9. The number of carbonyl (C=O) groups excluding carboxylic acids is 2. The zero-order chi connectivity index (χ0) is 20.9. The summed E-state index contributed by atoms with van der Waals surface area (Å²) in [7, 11) is 0. The molecule has 1 fully saturated rings. The van der Waals surface area contributed by atoms with E-state index in [-0.39, 0.29) is 29.7 Å². The fraction of sp³-hybridized carbons (Fsp3) is 0.316. The predicted octanol–water partition coefficient (Wildman–Crippen LogP) is 2.71. The molecule has 3 rings (SSSR count). The Morgan fingerprint density at radius 1 is 1.21 bits per heavy atom. The molecule has 1 saturated heterocycles. The van der Waals surface area contributed by atoms with E-state index in [0.29, 0.717) is 6.61 Å². The number of benzene rings is 1. The van der Waals surface area contributed by atoms with Crippen molar-refractivity contribution in [3.05, 3.63) is 47.7 Å². The third-order valence-corrected chi connectivity index (χ3v) is 4.18. The highest BCUT2D eigenvalue weighted by Crippen LogP contribution is 2.32. The van der Waals surface area contributed by atoms with Gasteiger partial charge in [-0.25, -0.2) is 5.43 Å². The highest BCUT2D eigenvalue weighted by Gasteiger charge is 2.30. The molecule has 0 saturated carbocycles. The monoisotopic (exact) mass is 409 g/mol. The number of ether oxygens (including phenoxy) is 1. The second kappa shape index (κ2) is 8.91. The van der Waals surface area contributed by atoms with Crippen molar-refractivity contribution in [3.63, 3.8) is 0 Å². The van der Waals surface area contributed by atoms with Crippen LogP contribution < -0.4 is 10.7 Å². The quantitative estimate of drug-likeness (QED) is 0.451. The maximum atomic E-state index is 12.8. The molecule has 1 atom stereocenters. The summed E-state index contributed by atoms with van der Waals surface area (Å²) < 4.78 is 49.2. The van der Waals surface area contributed by atoms with E-state index in [4.69, 9.17) is 9.15 Å². The maximum absolute atomic E-state index is 12.8. The summed E-state index contributed by atoms with van der Waals surface area (Å²) in [5, 5.41) is 6.07. The van der Waals surface area contributed by atoms with Crippen molar-refractivity contribution < 1.29 is 31.9 Å². The van der Waals surface area contributed by atoms with Crippen molar-refractivity contribution in [2.24, 2.45) is 5.10 Å². The number of nitrogens with one attached hydrogen (secondary N) is 2. The number of hydrazone groups is 1. The summed E-state index contributed by atoms with van der Waals surface area (Å²) in [6.07, 6.45) is -1.66. The van der Waals surface area contributed by atoms with E-state index in [1.165, 1.54) is 24.3 Å². The minimum atomic E-state index is -4.46. The van der Waals surface area contributed by atoms with Gasteiger partial charge in [-0.2, -0.15) is 18.3 Å². The molecular formula is C19H18F3N3O4. The topological polar surface area (TPSA) is 92.9 Å². The van der Waals surface area contributed by atoms with Gasteiger partial charge in [0.2, 0.25) is 0 Å². The molecule has 0 aliphatic carbocycles. The highest BCUT2D eigenvalue weighted by atomic mass is 19.4. The van der Waals surface area contributed by atoms with Gasteiger partial charge in [0, 0.05) is 18.7 Å². The maximum Gasteiger partial charge on any atom is 0.416 e. The number of hydrogen-bond donors (Lipinski definition) is 2. The van der Waals surface area contributed by atoms with E-state index in [1.54, 1.807) is 0 Å². The van der Waals surface area contributed by atoms with E-state index in [1.807, 2.05) is 0 Å². The summed E-state index contributed by atoms with van der Waals surface area (Å²) >= 11 is 0. The van der Waals surface area contributed by atoms with Crippen LogP contribution in [0.5, 0.6) is 0 Å². The van der Waals surface area contributed by atoms with E-state index < -0.39 is 23.6 Å². The smallest absolute Gasteiger partial charge is 0.416 e. The Labute approximate surface area is 163 Å². The molecule has 2 N–H and O–H groups in total. The SMILES string of the molecule is O=C(NC[C@H]1CCCO1)C(=O)N/N=C\c1ccc(-c2cccc(C(F)(F)F)c2)o1. The second-order valence-corrected chi connectivity index (χ2v) is 6.32. The zero-order valence-electron chi connectivity index (χ0n) is 15.2. The Morgan fingerprint density at radius 2 is 2.03 bits per heavy atom. The molecule has 7 nitrogen and oxygen atoms in total. The molecule has 0 radical (unpaired) electrons. The lowest BCUT2D eigenvalue weighted by atomic mass is 10.1. The molecule has 1 aliphatic rings. The first-order chi connectivity index (χ1) is 13.8. The number of halogens is 3. The molecule has 2 amide bonds. The fourth-order valence-electron chi connectivity index (χ4n) is 2.72. The standard InChI is InChI=1S/C19H18F3N3O4/c20-19(21,22)13-4-1-3-12(9-13)16-7-6-15(29-16)11-24-25-18(27)17(26)23-10-14-5-2-8-28-14/h1,3-4,6-7,9,11,14H,2,5,8,10H2,(H,23,26)(H,25,27)/b24-11-/t14-/m1/s1. The van der Waals surface area contributed by atoms with Gasteiger partial charge in [-0.05, 0) is 37.1 Å². The van der Waals surface area contributed by atoms with Crippen LogP contribution in [0.1, 0.15) is 24.2 Å². The minimum absolute atomic E-state index is 0.0901. The molecular weight excluding hydrogens is 391 g/mol. The van der Waals surface area contributed by atoms with Gasteiger partial charge in [-0.1, -0.05) is 12.1 Å². The molecule has 1 aliphatic heterocycles. The van der Waals surface area contributed by atoms with Gasteiger partial charge in [0.25, 0.3) is 0 Å². The first kappa shape index (κ1) is 20.6. The van der Waals surface area contributed by atoms with Gasteiger partial charge in [-0.3, -0.25) is 9.59 Å². The summed E-state index contributed by atoms with van der Waals surface area (Å²) in [6.45, 7) is 0.886. The third kappa shape index (κ3) is 5.67. The molecule has 1 aromatic heterocycles. The fourth-order valence-corrected chi connectivity index (χ4v) is 2.72. The van der Waals surface area contributed by atoms with Crippen LogP contribution in [0, 0.1) is 0 Å². The lowest BCUT2D eigenvalue weighted by Gasteiger charge is -2.09. The first-order valence-corrected chi connectivity index (χ1v) is 8.83. The summed E-state index contributed by atoms with van der Waals surface area (Å²) in [4.78, 5) is 23.4. The number of furan rings is 1. The average Bonchev–Trinajstić information content (AvgIpc) is 3.37. The molecule has 1 aromatic carbocycles. The van der Waals surface area contributed by atoms with Crippen LogP contribution in [0.4, 0.5) is 13.2 Å². The number of nitrogens with zero attached hydrogens (tertiary/aromatic N) is 1. The van der Waals surface area contributed by atoms with Gasteiger partial charge < -0.3 is 14.5 Å². The van der Waals surface area contributed by atoms with E-state index in [0.717, 1.165) is 31.2 Å². The van der Waals surface area contributed by atoms with Gasteiger partial charge in [0.15, 0.2) is 0 Å². The van der Waals surface area contributed by atoms with Crippen LogP contribution in [0.25, 0.3) is 11.3 Å². The third-order valence-electron chi connectivity index (χ3n) is 4.18. The number of alkyl halides is 3. The first-order valence-electron chi connectivity index (χ1n) is 8.83. The van der Waals surface area contributed by atoms with Crippen molar-refractivity contribution in [1.82, 2.24) is 10.7 Å². The summed E-state index contributed by atoms with van der Waals surface area (Å²) in [5.41, 5.74) is 1.51. The van der Waals surface area contributed by atoms with Gasteiger partial charge in [0.1, 0.15) is 11.5 Å². The van der Waals surface area contributed by atoms with E-state index in [2.05, 4.69) is 15.8 Å². The van der Waals surface area contributed by atoms with Gasteiger partial charge in [0.05, 0.1) is 17.9 Å². The van der Waals surface area contributed by atoms with Crippen LogP contribution in [0.3, 0.4) is 0 Å². The zero-order valence-corrected chi connectivity index (χ0v) is 15.2. The average molecular weight is 409 g/mol.